The molecule has 0 amide bonds. The van der Waals surface area contributed by atoms with E-state index in [2.05, 4.69) is 3.02 Å². The minimum absolute atomic E-state index is 0.233. The Labute approximate surface area is 73.2 Å². The van der Waals surface area contributed by atoms with Crippen molar-refractivity contribution in [1.82, 2.24) is 0 Å². The molecule has 0 unspecified atom stereocenters. The summed E-state index contributed by atoms with van der Waals surface area (Å²) in [7, 11) is 0. The van der Waals surface area contributed by atoms with Crippen LogP contribution in [0.3, 0.4) is 0 Å². The number of carbonyl (C=O) groups is 1. The molecule has 0 atom stereocenters. The van der Waals surface area contributed by atoms with Crippen LogP contribution in [0.4, 0.5) is 0 Å². The van der Waals surface area contributed by atoms with Crippen molar-refractivity contribution in [3.63, 3.8) is 0 Å². The fourth-order valence-corrected chi connectivity index (χ4v) is 1.03. The van der Waals surface area contributed by atoms with Crippen molar-refractivity contribution in [2.24, 2.45) is 0 Å². The van der Waals surface area contributed by atoms with Crippen molar-refractivity contribution in [2.75, 3.05) is 0 Å². The van der Waals surface area contributed by atoms with E-state index in [-0.39, 0.29) is 5.97 Å². The summed E-state index contributed by atoms with van der Waals surface area (Å²) in [5.74, 6) is -0.233. The third-order valence-corrected chi connectivity index (χ3v) is 1.73. The van der Waals surface area contributed by atoms with Gasteiger partial charge < -0.3 is 0 Å². The van der Waals surface area contributed by atoms with Crippen LogP contribution >= 0.6 is 0 Å². The van der Waals surface area contributed by atoms with Crippen molar-refractivity contribution in [3.8, 4) is 0 Å². The Morgan fingerprint density at radius 1 is 1.30 bits per heavy atom. The van der Waals surface area contributed by atoms with E-state index in [1.807, 2.05) is 18.2 Å². The van der Waals surface area contributed by atoms with Crippen LogP contribution < -0.4 is 0 Å². The number of hydrogen-bond acceptors (Lipinski definition) is 2. The van der Waals surface area contributed by atoms with Crippen LogP contribution in [0.1, 0.15) is 10.4 Å². The van der Waals surface area contributed by atoms with Gasteiger partial charge in [0.2, 0.25) is 0 Å². The van der Waals surface area contributed by atoms with Gasteiger partial charge in [-0.15, -0.1) is 0 Å². The second-order valence-electron chi connectivity index (χ2n) is 1.77. The molecule has 0 aliphatic heterocycles. The zero-order valence-electron chi connectivity index (χ0n) is 5.28. The molecule has 0 aromatic heterocycles. The molecule has 0 N–H and O–H groups in total. The van der Waals surface area contributed by atoms with Gasteiger partial charge in [0.25, 0.3) is 0 Å². The van der Waals surface area contributed by atoms with E-state index < -0.39 is 0 Å². The van der Waals surface area contributed by atoms with E-state index in [1.165, 1.54) is 0 Å². The Kier molecular flexibility index (Phi) is 2.76. The second-order valence-corrected chi connectivity index (χ2v) is 2.44. The maximum atomic E-state index is 10.8. The summed E-state index contributed by atoms with van der Waals surface area (Å²) >= 11 is 0.516. The van der Waals surface area contributed by atoms with Gasteiger partial charge in [0.1, 0.15) is 0 Å². The van der Waals surface area contributed by atoms with Crippen molar-refractivity contribution in [3.05, 3.63) is 35.9 Å². The standard InChI is InChI=1S/C7H6O2.Sb.2H/c8-7(9)6-4-2-1-3-5-6;;;/h1-5H,(H,8,9);;;/q;+1;;/p-1. The Morgan fingerprint density at radius 3 is 2.40 bits per heavy atom. The van der Waals surface area contributed by atoms with E-state index in [4.69, 9.17) is 0 Å². The van der Waals surface area contributed by atoms with Gasteiger partial charge in [-0.25, -0.2) is 0 Å². The molecule has 1 rings (SSSR count). The van der Waals surface area contributed by atoms with Crippen LogP contribution in [0.15, 0.2) is 30.3 Å². The van der Waals surface area contributed by atoms with Crippen LogP contribution in [-0.2, 0) is 3.02 Å². The number of hydrogen-bond donors (Lipinski definition) is 0. The van der Waals surface area contributed by atoms with Gasteiger partial charge in [0, 0.05) is 0 Å². The van der Waals surface area contributed by atoms with Gasteiger partial charge in [-0.1, -0.05) is 0 Å². The van der Waals surface area contributed by atoms with Crippen LogP contribution in [0.2, 0.25) is 0 Å². The minimum atomic E-state index is -0.233. The first-order valence-electron chi connectivity index (χ1n) is 2.80. The average molecular weight is 245 g/mol. The Morgan fingerprint density at radius 2 is 1.90 bits per heavy atom. The van der Waals surface area contributed by atoms with Gasteiger partial charge in [0.15, 0.2) is 0 Å². The van der Waals surface area contributed by atoms with Crippen LogP contribution in [-0.4, -0.2) is 29.4 Å². The first kappa shape index (κ1) is 7.61. The van der Waals surface area contributed by atoms with Gasteiger partial charge in [-0.3, -0.25) is 0 Å². The molecule has 2 nitrogen and oxygen atoms in total. The fraction of sp³-hybridized carbons (Fsp3) is 0. The molecule has 0 bridgehead atoms. The zero-order valence-corrected chi connectivity index (χ0v) is 8.58. The molecule has 0 fully saturated rings. The average Bonchev–Trinajstić information content (AvgIpc) is 2.05. The van der Waals surface area contributed by atoms with E-state index in [9.17, 15) is 4.79 Å². The van der Waals surface area contributed by atoms with E-state index in [0.29, 0.717) is 29.0 Å². The number of benzene rings is 1. The van der Waals surface area contributed by atoms with E-state index in [0.717, 1.165) is 0 Å². The molecule has 10 heavy (non-hydrogen) atoms. The Bertz CT molecular complexity index is 220. The summed E-state index contributed by atoms with van der Waals surface area (Å²) in [5, 5.41) is 0. The maximum absolute atomic E-state index is 10.8. The van der Waals surface area contributed by atoms with Crippen molar-refractivity contribution in [2.45, 2.75) is 0 Å². The second kappa shape index (κ2) is 3.62. The predicted molar refractivity (Wildman–Crippen MR) is 40.4 cm³/mol. The quantitative estimate of drug-likeness (QED) is 0.669. The molecule has 3 heteroatoms. The van der Waals surface area contributed by atoms with Crippen molar-refractivity contribution < 1.29 is 7.81 Å². The SMILES string of the molecule is O=C([O][SbH2])c1ccccc1. The van der Waals surface area contributed by atoms with Crippen molar-refractivity contribution >= 4 is 29.4 Å². The van der Waals surface area contributed by atoms with Crippen LogP contribution in [0.25, 0.3) is 0 Å². The first-order valence-corrected chi connectivity index (χ1v) is 4.15. The van der Waals surface area contributed by atoms with Gasteiger partial charge in [-0.2, -0.15) is 0 Å². The summed E-state index contributed by atoms with van der Waals surface area (Å²) < 4.78 is 4.63. The molecular formula is C7H7O2Sb. The summed E-state index contributed by atoms with van der Waals surface area (Å²) in [5.41, 5.74) is 0.620. The molecule has 1 aromatic rings. The predicted octanol–water partition coefficient (Wildman–Crippen LogP) is 0.391. The zero-order chi connectivity index (χ0) is 7.40. The molecular weight excluding hydrogens is 238 g/mol. The summed E-state index contributed by atoms with van der Waals surface area (Å²) in [6.45, 7) is 0. The topological polar surface area (TPSA) is 26.3 Å². The first-order chi connectivity index (χ1) is 4.84. The molecule has 0 saturated heterocycles. The normalized spacial score (nSPS) is 8.90. The van der Waals surface area contributed by atoms with E-state index in [1.54, 1.807) is 12.1 Å². The molecule has 0 aliphatic rings. The number of rotatable bonds is 1. The summed E-state index contributed by atoms with van der Waals surface area (Å²) in [4.78, 5) is 10.8. The Hall–Kier alpha value is -0.492. The summed E-state index contributed by atoms with van der Waals surface area (Å²) in [6, 6.07) is 8.96. The van der Waals surface area contributed by atoms with Gasteiger partial charge >= 0.3 is 73.1 Å². The van der Waals surface area contributed by atoms with Gasteiger partial charge in [0.05, 0.1) is 0 Å². The van der Waals surface area contributed by atoms with Crippen LogP contribution in [0.5, 0.6) is 0 Å². The molecule has 1 aromatic carbocycles. The van der Waals surface area contributed by atoms with Crippen molar-refractivity contribution in [1.29, 1.82) is 0 Å². The molecule has 52 valence electrons. The molecule has 0 spiro atoms. The van der Waals surface area contributed by atoms with E-state index >= 15 is 0 Å². The number of carbonyl (C=O) groups excluding carboxylic acids is 1. The molecule has 0 saturated carbocycles. The Balaban J connectivity index is 2.85. The monoisotopic (exact) mass is 244 g/mol. The molecule has 0 aliphatic carbocycles. The molecule has 0 radical (unpaired) electrons. The van der Waals surface area contributed by atoms with Gasteiger partial charge in [-0.05, 0) is 0 Å². The summed E-state index contributed by atoms with van der Waals surface area (Å²) in [6.07, 6.45) is 0. The fourth-order valence-electron chi connectivity index (χ4n) is 0.642. The third-order valence-electron chi connectivity index (χ3n) is 1.12. The molecule has 0 heterocycles. The van der Waals surface area contributed by atoms with Crippen LogP contribution in [0, 0.1) is 0 Å². The third kappa shape index (κ3) is 1.74.